The zero-order valence-corrected chi connectivity index (χ0v) is 12.2. The van der Waals surface area contributed by atoms with E-state index in [9.17, 15) is 4.79 Å². The molecule has 22 heavy (non-hydrogen) atoms. The zero-order chi connectivity index (χ0) is 14.9. The van der Waals surface area contributed by atoms with Crippen LogP contribution < -0.4 is 5.56 Å². The number of fused-ring (bicyclic) bond motifs is 1. The van der Waals surface area contributed by atoms with E-state index in [0.29, 0.717) is 17.1 Å². The van der Waals surface area contributed by atoms with Crippen molar-refractivity contribution in [1.29, 1.82) is 0 Å². The van der Waals surface area contributed by atoms with Gasteiger partial charge in [-0.25, -0.2) is 9.67 Å². The van der Waals surface area contributed by atoms with Crippen LogP contribution in [0.15, 0.2) is 57.5 Å². The molecule has 0 amide bonds. The molecule has 0 saturated heterocycles. The zero-order valence-electron chi connectivity index (χ0n) is 11.3. The van der Waals surface area contributed by atoms with Crippen LogP contribution in [-0.4, -0.2) is 19.7 Å². The van der Waals surface area contributed by atoms with Crippen molar-refractivity contribution in [1.82, 2.24) is 19.7 Å². The van der Waals surface area contributed by atoms with Crippen LogP contribution in [0.3, 0.4) is 0 Å². The van der Waals surface area contributed by atoms with E-state index in [1.54, 1.807) is 36.1 Å². The molecule has 0 aliphatic rings. The van der Waals surface area contributed by atoms with Crippen LogP contribution in [0.2, 0.25) is 0 Å². The second kappa shape index (κ2) is 5.19. The number of thiophene rings is 1. The molecule has 4 aromatic rings. The first-order valence-corrected chi connectivity index (χ1v) is 7.48. The Kier molecular flexibility index (Phi) is 3.05. The molecule has 7 heteroatoms. The van der Waals surface area contributed by atoms with Crippen LogP contribution >= 0.6 is 11.3 Å². The molecule has 0 atom stereocenters. The van der Waals surface area contributed by atoms with Crippen molar-refractivity contribution in [2.45, 2.75) is 6.54 Å². The summed E-state index contributed by atoms with van der Waals surface area (Å²) in [7, 11) is 0. The van der Waals surface area contributed by atoms with Gasteiger partial charge in [0.2, 0.25) is 5.89 Å². The van der Waals surface area contributed by atoms with Gasteiger partial charge in [-0.1, -0.05) is 6.07 Å². The molecular weight excluding hydrogens is 300 g/mol. The van der Waals surface area contributed by atoms with Gasteiger partial charge >= 0.3 is 0 Å². The molecule has 108 valence electrons. The van der Waals surface area contributed by atoms with Gasteiger partial charge in [0.1, 0.15) is 17.5 Å². The number of oxazole rings is 1. The van der Waals surface area contributed by atoms with Gasteiger partial charge < -0.3 is 4.42 Å². The number of aromatic nitrogens is 4. The quantitative estimate of drug-likeness (QED) is 0.581. The minimum absolute atomic E-state index is 0.237. The van der Waals surface area contributed by atoms with Crippen molar-refractivity contribution in [3.05, 3.63) is 64.4 Å². The summed E-state index contributed by atoms with van der Waals surface area (Å²) in [6.45, 7) is 0.250. The molecule has 4 aromatic heterocycles. The van der Waals surface area contributed by atoms with Gasteiger partial charge in [0.25, 0.3) is 5.56 Å². The maximum Gasteiger partial charge on any atom is 0.293 e. The Labute approximate surface area is 128 Å². The second-order valence-electron chi connectivity index (χ2n) is 4.67. The van der Waals surface area contributed by atoms with E-state index in [4.69, 9.17) is 4.42 Å². The third-order valence-corrected chi connectivity index (χ3v) is 4.07. The molecule has 0 N–H and O–H groups in total. The summed E-state index contributed by atoms with van der Waals surface area (Å²) in [5.74, 6) is 0.553. The summed E-state index contributed by atoms with van der Waals surface area (Å²) in [5, 5.41) is 6.84. The Balaban J connectivity index is 1.69. The van der Waals surface area contributed by atoms with Crippen LogP contribution in [0.5, 0.6) is 0 Å². The van der Waals surface area contributed by atoms with Crippen molar-refractivity contribution in [2.24, 2.45) is 0 Å². The van der Waals surface area contributed by atoms with E-state index in [-0.39, 0.29) is 12.1 Å². The molecule has 0 radical (unpaired) electrons. The monoisotopic (exact) mass is 310 g/mol. The number of hydrogen-bond acceptors (Lipinski definition) is 6. The normalized spacial score (nSPS) is 11.1. The predicted octanol–water partition coefficient (Wildman–Crippen LogP) is 2.56. The Morgan fingerprint density at radius 2 is 2.23 bits per heavy atom. The van der Waals surface area contributed by atoms with Gasteiger partial charge in [-0.15, -0.1) is 11.3 Å². The topological polar surface area (TPSA) is 73.8 Å². The SMILES string of the molecule is O=c1c2ncccc2cnn1Cc1coc(-c2cccs2)n1. The van der Waals surface area contributed by atoms with Gasteiger partial charge in [0, 0.05) is 11.6 Å². The molecule has 0 bridgehead atoms. The van der Waals surface area contributed by atoms with Crippen molar-refractivity contribution in [3.8, 4) is 10.8 Å². The Morgan fingerprint density at radius 1 is 1.27 bits per heavy atom. The molecule has 6 nitrogen and oxygen atoms in total. The summed E-state index contributed by atoms with van der Waals surface area (Å²) in [4.78, 5) is 21.8. The number of pyridine rings is 1. The number of rotatable bonds is 3. The highest BCUT2D eigenvalue weighted by atomic mass is 32.1. The van der Waals surface area contributed by atoms with E-state index in [1.807, 2.05) is 23.6 Å². The molecule has 0 aliphatic carbocycles. The minimum Gasteiger partial charge on any atom is -0.443 e. The molecular formula is C15H10N4O2S. The van der Waals surface area contributed by atoms with Crippen LogP contribution in [0.25, 0.3) is 21.7 Å². The largest absolute Gasteiger partial charge is 0.443 e. The lowest BCUT2D eigenvalue weighted by Crippen LogP contribution is -2.24. The summed E-state index contributed by atoms with van der Waals surface area (Å²) >= 11 is 1.55. The lowest BCUT2D eigenvalue weighted by molar-refractivity contribution is 0.569. The molecule has 0 aromatic carbocycles. The summed E-state index contributed by atoms with van der Waals surface area (Å²) < 4.78 is 6.79. The highest BCUT2D eigenvalue weighted by Gasteiger charge is 2.10. The van der Waals surface area contributed by atoms with E-state index >= 15 is 0 Å². The first-order valence-electron chi connectivity index (χ1n) is 6.60. The van der Waals surface area contributed by atoms with Gasteiger partial charge in [-0.2, -0.15) is 5.10 Å². The molecule has 4 rings (SSSR count). The first-order chi connectivity index (χ1) is 10.8. The minimum atomic E-state index is -0.237. The molecule has 0 saturated carbocycles. The molecule has 0 fully saturated rings. The fourth-order valence-electron chi connectivity index (χ4n) is 2.17. The Hall–Kier alpha value is -2.80. The highest BCUT2D eigenvalue weighted by molar-refractivity contribution is 7.13. The molecule has 0 aliphatic heterocycles. The summed E-state index contributed by atoms with van der Waals surface area (Å²) in [6, 6.07) is 7.46. The smallest absolute Gasteiger partial charge is 0.293 e. The molecule has 4 heterocycles. The lowest BCUT2D eigenvalue weighted by atomic mass is 10.3. The van der Waals surface area contributed by atoms with Crippen LogP contribution in [0, 0.1) is 0 Å². The Morgan fingerprint density at radius 3 is 3.09 bits per heavy atom. The van der Waals surface area contributed by atoms with E-state index in [1.165, 1.54) is 4.68 Å². The van der Waals surface area contributed by atoms with Crippen LogP contribution in [0.1, 0.15) is 5.69 Å². The third kappa shape index (κ3) is 2.21. The Bertz CT molecular complexity index is 988. The fraction of sp³-hybridized carbons (Fsp3) is 0.0667. The van der Waals surface area contributed by atoms with E-state index in [2.05, 4.69) is 15.1 Å². The third-order valence-electron chi connectivity index (χ3n) is 3.21. The van der Waals surface area contributed by atoms with Crippen molar-refractivity contribution in [2.75, 3.05) is 0 Å². The van der Waals surface area contributed by atoms with Crippen molar-refractivity contribution in [3.63, 3.8) is 0 Å². The highest BCUT2D eigenvalue weighted by Crippen LogP contribution is 2.23. The summed E-state index contributed by atoms with van der Waals surface area (Å²) in [6.07, 6.45) is 4.77. The van der Waals surface area contributed by atoms with Gasteiger partial charge in [-0.3, -0.25) is 9.78 Å². The van der Waals surface area contributed by atoms with Crippen molar-refractivity contribution >= 4 is 22.2 Å². The number of nitrogens with zero attached hydrogens (tertiary/aromatic N) is 4. The average molecular weight is 310 g/mol. The molecule has 0 unspecified atom stereocenters. The second-order valence-corrected chi connectivity index (χ2v) is 5.62. The maximum absolute atomic E-state index is 12.3. The van der Waals surface area contributed by atoms with Crippen molar-refractivity contribution < 1.29 is 4.42 Å². The first kappa shape index (κ1) is 12.9. The van der Waals surface area contributed by atoms with Crippen LogP contribution in [-0.2, 0) is 6.54 Å². The van der Waals surface area contributed by atoms with Gasteiger partial charge in [-0.05, 0) is 23.6 Å². The van der Waals surface area contributed by atoms with Crippen LogP contribution in [0.4, 0.5) is 0 Å². The van der Waals surface area contributed by atoms with Gasteiger partial charge in [0.15, 0.2) is 0 Å². The van der Waals surface area contributed by atoms with E-state index < -0.39 is 0 Å². The maximum atomic E-state index is 12.3. The van der Waals surface area contributed by atoms with Gasteiger partial charge in [0.05, 0.1) is 17.6 Å². The average Bonchev–Trinajstić information content (AvgIpc) is 3.21. The lowest BCUT2D eigenvalue weighted by Gasteiger charge is -2.02. The standard InChI is InChI=1S/C15H10N4O2S/c20-15-13-10(3-1-5-16-13)7-17-19(15)8-11-9-21-14(18-11)12-4-2-6-22-12/h1-7,9H,8H2. The fourth-order valence-corrected chi connectivity index (χ4v) is 2.82. The number of hydrogen-bond donors (Lipinski definition) is 0. The summed E-state index contributed by atoms with van der Waals surface area (Å²) in [5.41, 5.74) is 0.812. The molecule has 0 spiro atoms. The predicted molar refractivity (Wildman–Crippen MR) is 82.7 cm³/mol. The van der Waals surface area contributed by atoms with E-state index in [0.717, 1.165) is 10.3 Å².